The molecule has 34 heavy (non-hydrogen) atoms. The predicted octanol–water partition coefficient (Wildman–Crippen LogP) is 2.61. The highest BCUT2D eigenvalue weighted by molar-refractivity contribution is 6.00. The second kappa shape index (κ2) is 11.4. The molecule has 3 rings (SSSR count). The monoisotopic (exact) mass is 475 g/mol. The molecule has 2 saturated heterocycles. The molecule has 2 fully saturated rings. The maximum absolute atomic E-state index is 13.0. The number of rotatable bonds is 9. The Hall–Kier alpha value is -2.97. The van der Waals surface area contributed by atoms with Crippen LogP contribution >= 0.6 is 0 Å². The molecule has 0 radical (unpaired) electrons. The Morgan fingerprint density at radius 3 is 2.12 bits per heavy atom. The van der Waals surface area contributed by atoms with Crippen molar-refractivity contribution in [2.45, 2.75) is 52.0 Å². The SMILES string of the molecule is CCC(CC)C(=O)N1CCC(NC(=O)C2CC(=O)N(c3cc(OC)c(OC)c(OC)c3)C2)CC1. The Labute approximate surface area is 201 Å². The predicted molar refractivity (Wildman–Crippen MR) is 128 cm³/mol. The van der Waals surface area contributed by atoms with Gasteiger partial charge in [-0.2, -0.15) is 0 Å². The topological polar surface area (TPSA) is 97.4 Å². The van der Waals surface area contributed by atoms with Crippen LogP contribution in [0.15, 0.2) is 12.1 Å². The summed E-state index contributed by atoms with van der Waals surface area (Å²) in [6.45, 7) is 5.69. The van der Waals surface area contributed by atoms with Gasteiger partial charge in [0.2, 0.25) is 23.5 Å². The summed E-state index contributed by atoms with van der Waals surface area (Å²) in [5, 5.41) is 3.11. The fraction of sp³-hybridized carbons (Fsp3) is 0.640. The van der Waals surface area contributed by atoms with Gasteiger partial charge in [0.1, 0.15) is 0 Å². The lowest BCUT2D eigenvalue weighted by Gasteiger charge is -2.34. The summed E-state index contributed by atoms with van der Waals surface area (Å²) in [5.41, 5.74) is 0.600. The highest BCUT2D eigenvalue weighted by Crippen LogP contribution is 2.42. The third-order valence-corrected chi connectivity index (χ3v) is 6.94. The van der Waals surface area contributed by atoms with Gasteiger partial charge in [-0.05, 0) is 25.7 Å². The first-order chi connectivity index (χ1) is 16.4. The molecule has 0 saturated carbocycles. The van der Waals surface area contributed by atoms with Gasteiger partial charge in [-0.25, -0.2) is 0 Å². The van der Waals surface area contributed by atoms with Crippen LogP contribution in [0, 0.1) is 11.8 Å². The van der Waals surface area contributed by atoms with E-state index in [1.54, 1.807) is 17.0 Å². The first kappa shape index (κ1) is 25.6. The summed E-state index contributed by atoms with van der Waals surface area (Å²) in [7, 11) is 4.56. The molecule has 1 aromatic carbocycles. The van der Waals surface area contributed by atoms with Crippen LogP contribution in [-0.2, 0) is 14.4 Å². The zero-order valence-corrected chi connectivity index (χ0v) is 20.9. The molecule has 1 unspecified atom stereocenters. The van der Waals surface area contributed by atoms with Crippen molar-refractivity contribution >= 4 is 23.4 Å². The molecule has 2 aliphatic rings. The molecule has 0 spiro atoms. The van der Waals surface area contributed by atoms with Crippen LogP contribution in [0.1, 0.15) is 46.0 Å². The molecular weight excluding hydrogens is 438 g/mol. The fourth-order valence-electron chi connectivity index (χ4n) is 4.82. The van der Waals surface area contributed by atoms with Crippen molar-refractivity contribution in [1.82, 2.24) is 10.2 Å². The van der Waals surface area contributed by atoms with Crippen LogP contribution in [0.3, 0.4) is 0 Å². The summed E-state index contributed by atoms with van der Waals surface area (Å²) in [6.07, 6.45) is 3.31. The Bertz CT molecular complexity index is 868. The van der Waals surface area contributed by atoms with E-state index in [0.717, 1.165) is 25.7 Å². The lowest BCUT2D eigenvalue weighted by atomic mass is 9.98. The molecule has 3 amide bonds. The van der Waals surface area contributed by atoms with Crippen molar-refractivity contribution in [2.24, 2.45) is 11.8 Å². The van der Waals surface area contributed by atoms with Crippen LogP contribution in [-0.4, -0.2) is 69.6 Å². The number of nitrogens with one attached hydrogen (secondary N) is 1. The Kier molecular flexibility index (Phi) is 8.63. The van der Waals surface area contributed by atoms with Crippen molar-refractivity contribution in [3.8, 4) is 17.2 Å². The lowest BCUT2D eigenvalue weighted by molar-refractivity contribution is -0.137. The zero-order chi connectivity index (χ0) is 24.8. The number of ether oxygens (including phenoxy) is 3. The van der Waals surface area contributed by atoms with E-state index in [-0.39, 0.29) is 42.6 Å². The van der Waals surface area contributed by atoms with Crippen molar-refractivity contribution < 1.29 is 28.6 Å². The number of likely N-dealkylation sites (tertiary alicyclic amines) is 1. The fourth-order valence-corrected chi connectivity index (χ4v) is 4.82. The van der Waals surface area contributed by atoms with Crippen LogP contribution in [0.4, 0.5) is 5.69 Å². The van der Waals surface area contributed by atoms with Gasteiger partial charge < -0.3 is 29.3 Å². The smallest absolute Gasteiger partial charge is 0.227 e. The molecular formula is C25H37N3O6. The minimum atomic E-state index is -0.434. The average molecular weight is 476 g/mol. The summed E-state index contributed by atoms with van der Waals surface area (Å²) < 4.78 is 16.1. The summed E-state index contributed by atoms with van der Waals surface area (Å²) in [4.78, 5) is 41.8. The van der Waals surface area contributed by atoms with Gasteiger partial charge in [0.05, 0.1) is 32.9 Å². The normalized spacial score (nSPS) is 18.9. The quantitative estimate of drug-likeness (QED) is 0.590. The van der Waals surface area contributed by atoms with Gasteiger partial charge in [-0.3, -0.25) is 14.4 Å². The number of carbonyl (C=O) groups is 3. The molecule has 188 valence electrons. The third kappa shape index (κ3) is 5.39. The van der Waals surface area contributed by atoms with Crippen LogP contribution in [0.25, 0.3) is 0 Å². The van der Waals surface area contributed by atoms with E-state index in [2.05, 4.69) is 5.32 Å². The number of benzene rings is 1. The maximum atomic E-state index is 13.0. The van der Waals surface area contributed by atoms with E-state index in [4.69, 9.17) is 14.2 Å². The van der Waals surface area contributed by atoms with Crippen LogP contribution in [0.5, 0.6) is 17.2 Å². The number of amides is 3. The van der Waals surface area contributed by atoms with Gasteiger partial charge >= 0.3 is 0 Å². The van der Waals surface area contributed by atoms with E-state index in [1.165, 1.54) is 21.3 Å². The van der Waals surface area contributed by atoms with E-state index in [9.17, 15) is 14.4 Å². The van der Waals surface area contributed by atoms with E-state index in [0.29, 0.717) is 36.0 Å². The van der Waals surface area contributed by atoms with Crippen LogP contribution in [0.2, 0.25) is 0 Å². The highest BCUT2D eigenvalue weighted by atomic mass is 16.5. The average Bonchev–Trinajstić information content (AvgIpc) is 3.25. The zero-order valence-electron chi connectivity index (χ0n) is 20.9. The van der Waals surface area contributed by atoms with Gasteiger partial charge in [0.25, 0.3) is 0 Å². The second-order valence-electron chi connectivity index (χ2n) is 8.91. The standard InChI is InChI=1S/C25H37N3O6/c1-6-16(7-2)25(31)27-10-8-18(9-11-27)26-24(30)17-12-22(29)28(15-17)19-13-20(32-3)23(34-5)21(14-19)33-4/h13-14,16-18H,6-12,15H2,1-5H3,(H,26,30). The molecule has 1 atom stereocenters. The largest absolute Gasteiger partial charge is 0.493 e. The summed E-state index contributed by atoms with van der Waals surface area (Å²) in [6, 6.07) is 3.45. The van der Waals surface area contributed by atoms with Gasteiger partial charge in [0, 0.05) is 50.1 Å². The number of carbonyl (C=O) groups excluding carboxylic acids is 3. The number of nitrogens with zero attached hydrogens (tertiary/aromatic N) is 2. The van der Waals surface area contributed by atoms with Crippen molar-refractivity contribution in [3.05, 3.63) is 12.1 Å². The van der Waals surface area contributed by atoms with Crippen molar-refractivity contribution in [2.75, 3.05) is 45.9 Å². The lowest BCUT2D eigenvalue weighted by Crippen LogP contribution is -2.49. The highest BCUT2D eigenvalue weighted by Gasteiger charge is 2.37. The molecule has 0 bridgehead atoms. The Balaban J connectivity index is 1.60. The Morgan fingerprint density at radius 1 is 1.03 bits per heavy atom. The van der Waals surface area contributed by atoms with E-state index in [1.807, 2.05) is 18.7 Å². The molecule has 1 aromatic rings. The first-order valence-electron chi connectivity index (χ1n) is 12.1. The van der Waals surface area contributed by atoms with Crippen LogP contribution < -0.4 is 24.4 Å². The molecule has 2 aliphatic heterocycles. The number of anilines is 1. The van der Waals surface area contributed by atoms with E-state index < -0.39 is 5.92 Å². The molecule has 0 aliphatic carbocycles. The number of hydrogen-bond donors (Lipinski definition) is 1. The van der Waals surface area contributed by atoms with Gasteiger partial charge in [0.15, 0.2) is 11.5 Å². The molecule has 9 nitrogen and oxygen atoms in total. The molecule has 0 aromatic heterocycles. The summed E-state index contributed by atoms with van der Waals surface area (Å²) in [5.74, 6) is 0.973. The minimum absolute atomic E-state index is 0.0172. The first-order valence-corrected chi connectivity index (χ1v) is 12.1. The van der Waals surface area contributed by atoms with Crippen molar-refractivity contribution in [3.63, 3.8) is 0 Å². The number of piperidine rings is 1. The molecule has 1 N–H and O–H groups in total. The minimum Gasteiger partial charge on any atom is -0.493 e. The molecule has 2 heterocycles. The van der Waals surface area contributed by atoms with E-state index >= 15 is 0 Å². The second-order valence-corrected chi connectivity index (χ2v) is 8.91. The Morgan fingerprint density at radius 2 is 1.62 bits per heavy atom. The summed E-state index contributed by atoms with van der Waals surface area (Å²) >= 11 is 0. The van der Waals surface area contributed by atoms with Gasteiger partial charge in [-0.1, -0.05) is 13.8 Å². The third-order valence-electron chi connectivity index (χ3n) is 6.94. The number of methoxy groups -OCH3 is 3. The number of hydrogen-bond acceptors (Lipinski definition) is 6. The maximum Gasteiger partial charge on any atom is 0.227 e. The molecule has 9 heteroatoms. The van der Waals surface area contributed by atoms with Crippen molar-refractivity contribution in [1.29, 1.82) is 0 Å². The van der Waals surface area contributed by atoms with Gasteiger partial charge in [-0.15, -0.1) is 0 Å².